The van der Waals surface area contributed by atoms with Crippen LogP contribution < -0.4 is 5.73 Å². The van der Waals surface area contributed by atoms with Gasteiger partial charge in [0.15, 0.2) is 0 Å². The molecule has 2 aromatic carbocycles. The van der Waals surface area contributed by atoms with E-state index in [1.54, 1.807) is 0 Å². The Bertz CT molecular complexity index is 506. The van der Waals surface area contributed by atoms with Crippen molar-refractivity contribution in [1.82, 2.24) is 0 Å². The van der Waals surface area contributed by atoms with Gasteiger partial charge in [-0.3, -0.25) is 0 Å². The van der Waals surface area contributed by atoms with Crippen LogP contribution >= 0.6 is 0 Å². The molecule has 0 aromatic heterocycles. The van der Waals surface area contributed by atoms with E-state index >= 15 is 0 Å². The SMILES string of the molecule is Nc1cccc2cccc(C[C]#[Y])c12. The summed E-state index contributed by atoms with van der Waals surface area (Å²) in [5.41, 5.74) is 8.12. The van der Waals surface area contributed by atoms with Gasteiger partial charge in [-0.1, -0.05) is 0 Å². The van der Waals surface area contributed by atoms with Crippen molar-refractivity contribution >= 4 is 16.5 Å². The molecule has 0 fully saturated rings. The van der Waals surface area contributed by atoms with Crippen molar-refractivity contribution in [3.63, 3.8) is 0 Å². The molecule has 0 spiro atoms. The number of anilines is 1. The Kier molecular flexibility index (Phi) is 3.03. The summed E-state index contributed by atoms with van der Waals surface area (Å²) in [5.74, 6) is 0. The first-order valence-electron chi connectivity index (χ1n) is 4.52. The van der Waals surface area contributed by atoms with Gasteiger partial charge in [-0.15, -0.1) is 0 Å². The fourth-order valence-corrected chi connectivity index (χ4v) is 2.25. The van der Waals surface area contributed by atoms with Crippen molar-refractivity contribution in [1.29, 1.82) is 0 Å². The van der Waals surface area contributed by atoms with E-state index in [2.05, 4.69) is 26.9 Å². The van der Waals surface area contributed by atoms with Crippen molar-refractivity contribution in [2.24, 2.45) is 0 Å². The number of benzene rings is 2. The normalized spacial score (nSPS) is 10.1. The van der Waals surface area contributed by atoms with Crippen molar-refractivity contribution < 1.29 is 30.2 Å². The van der Waals surface area contributed by atoms with Gasteiger partial charge in [0.25, 0.3) is 0 Å². The Balaban J connectivity index is 2.79. The molecule has 2 aromatic rings. The van der Waals surface area contributed by atoms with Crippen molar-refractivity contribution in [2.75, 3.05) is 5.73 Å². The number of nitrogen functional groups attached to an aromatic ring is 1. The minimum absolute atomic E-state index is 0.869. The summed E-state index contributed by atoms with van der Waals surface area (Å²) >= 11 is 1.07. The molecule has 0 atom stereocenters. The van der Waals surface area contributed by atoms with Crippen LogP contribution in [0.25, 0.3) is 10.8 Å². The van der Waals surface area contributed by atoms with Crippen LogP contribution in [0, 0.1) is 2.59 Å². The van der Waals surface area contributed by atoms with Gasteiger partial charge in [0.2, 0.25) is 0 Å². The molecule has 0 heterocycles. The average Bonchev–Trinajstić information content (AvgIpc) is 2.19. The fourth-order valence-electron chi connectivity index (χ4n) is 1.71. The molecule has 0 unspecified atom stereocenters. The topological polar surface area (TPSA) is 26.0 Å². The van der Waals surface area contributed by atoms with E-state index in [0.29, 0.717) is 0 Å². The van der Waals surface area contributed by atoms with Crippen LogP contribution in [0.2, 0.25) is 0 Å². The molecule has 0 saturated carbocycles. The molecule has 0 amide bonds. The molecule has 2 heteroatoms. The van der Waals surface area contributed by atoms with E-state index in [9.17, 15) is 0 Å². The van der Waals surface area contributed by atoms with Crippen LogP contribution in [-0.4, -0.2) is 0 Å². The summed E-state index contributed by atoms with van der Waals surface area (Å²) in [6, 6.07) is 12.4. The number of fused-ring (bicyclic) bond motifs is 1. The Morgan fingerprint density at radius 2 is 1.86 bits per heavy atom. The number of hydrogen-bond acceptors (Lipinski definition) is 1. The van der Waals surface area contributed by atoms with Gasteiger partial charge in [0, 0.05) is 0 Å². The van der Waals surface area contributed by atoms with Crippen LogP contribution in [-0.2, 0) is 36.7 Å². The molecule has 0 aliphatic rings. The van der Waals surface area contributed by atoms with Crippen LogP contribution in [0.3, 0.4) is 0 Å². The van der Waals surface area contributed by atoms with E-state index in [0.717, 1.165) is 42.3 Å². The maximum absolute atomic E-state index is 5.97. The summed E-state index contributed by atoms with van der Waals surface area (Å²) in [6.07, 6.45) is 0.911. The van der Waals surface area contributed by atoms with Gasteiger partial charge >= 0.3 is 103 Å². The Morgan fingerprint density at radius 1 is 1.14 bits per heavy atom. The van der Waals surface area contributed by atoms with E-state index in [-0.39, 0.29) is 0 Å². The van der Waals surface area contributed by atoms with Gasteiger partial charge in [0.1, 0.15) is 0 Å². The zero-order valence-electron chi connectivity index (χ0n) is 7.83. The standard InChI is InChI=1S/C12H10N.Y/c1-2-9-5-3-6-10-7-4-8-11(13)12(9)10;/h3-8H,2,13H2;. The molecule has 2 N–H and O–H groups in total. The van der Waals surface area contributed by atoms with Crippen LogP contribution in [0.15, 0.2) is 36.4 Å². The first-order valence-corrected chi connectivity index (χ1v) is 5.94. The van der Waals surface area contributed by atoms with Gasteiger partial charge < -0.3 is 0 Å². The van der Waals surface area contributed by atoms with E-state index in [4.69, 9.17) is 5.73 Å². The third kappa shape index (κ3) is 1.76. The quantitative estimate of drug-likeness (QED) is 0.780. The van der Waals surface area contributed by atoms with Crippen LogP contribution in [0.1, 0.15) is 5.56 Å². The molecule has 0 aliphatic carbocycles. The van der Waals surface area contributed by atoms with E-state index in [1.165, 1.54) is 16.3 Å². The third-order valence-electron chi connectivity index (χ3n) is 2.32. The Labute approximate surface area is 103 Å². The zero-order valence-corrected chi connectivity index (χ0v) is 10.7. The zero-order chi connectivity index (χ0) is 9.97. The average molecular weight is 257 g/mol. The van der Waals surface area contributed by atoms with Crippen LogP contribution in [0.5, 0.6) is 0 Å². The van der Waals surface area contributed by atoms with Gasteiger partial charge in [0.05, 0.1) is 0 Å². The molecule has 0 bridgehead atoms. The summed E-state index contributed by atoms with van der Waals surface area (Å²) < 4.78 is 3.28. The Morgan fingerprint density at radius 3 is 2.57 bits per heavy atom. The predicted molar refractivity (Wildman–Crippen MR) is 56.0 cm³/mol. The fraction of sp³-hybridized carbons (Fsp3) is 0.0833. The van der Waals surface area contributed by atoms with E-state index in [1.807, 2.05) is 12.1 Å². The maximum atomic E-state index is 5.97. The van der Waals surface area contributed by atoms with Crippen molar-refractivity contribution in [3.8, 4) is 2.59 Å². The minimum atomic E-state index is 0.869. The first-order chi connectivity index (χ1) is 6.83. The third-order valence-corrected chi connectivity index (χ3v) is 2.82. The molecule has 14 heavy (non-hydrogen) atoms. The molecule has 1 nitrogen and oxygen atoms in total. The molecular weight excluding hydrogens is 247 g/mol. The van der Waals surface area contributed by atoms with Crippen molar-refractivity contribution in [3.05, 3.63) is 42.0 Å². The van der Waals surface area contributed by atoms with Gasteiger partial charge in [-0.05, 0) is 0 Å². The second kappa shape index (κ2) is 4.27. The number of hydrogen-bond donors (Lipinski definition) is 1. The van der Waals surface area contributed by atoms with Gasteiger partial charge in [-0.2, -0.15) is 0 Å². The molecule has 0 saturated heterocycles. The second-order valence-corrected chi connectivity index (χ2v) is 4.25. The number of nitrogens with two attached hydrogens (primary N) is 1. The first kappa shape index (κ1) is 9.92. The van der Waals surface area contributed by atoms with Crippen molar-refractivity contribution in [2.45, 2.75) is 6.42 Å². The summed E-state index contributed by atoms with van der Waals surface area (Å²) in [5, 5.41) is 2.41. The summed E-state index contributed by atoms with van der Waals surface area (Å²) in [4.78, 5) is 0. The predicted octanol–water partition coefficient (Wildman–Crippen LogP) is 2.47. The molecule has 66 valence electrons. The van der Waals surface area contributed by atoms with Crippen LogP contribution in [0.4, 0.5) is 5.69 Å². The molecular formula is C12H10NY. The molecule has 2 rings (SSSR count). The summed E-state index contributed by atoms with van der Waals surface area (Å²) in [6.45, 7) is 0. The monoisotopic (exact) mass is 257 g/mol. The second-order valence-electron chi connectivity index (χ2n) is 3.24. The van der Waals surface area contributed by atoms with E-state index < -0.39 is 0 Å². The summed E-state index contributed by atoms with van der Waals surface area (Å²) in [7, 11) is 0. The molecule has 0 aliphatic heterocycles. The molecule has 0 radical (unpaired) electrons. The number of rotatable bonds is 1. The Hall–Kier alpha value is -0.616. The van der Waals surface area contributed by atoms with Gasteiger partial charge in [-0.25, -0.2) is 0 Å².